The number of H-pyrrole nitrogens is 1. The molecule has 0 atom stereocenters. The molecule has 1 fully saturated rings. The van der Waals surface area contributed by atoms with Crippen LogP contribution in [0.15, 0.2) is 23.0 Å². The molecule has 6 nitrogen and oxygen atoms in total. The molecule has 1 heterocycles. The molecule has 136 valence electrons. The van der Waals surface area contributed by atoms with E-state index in [0.29, 0.717) is 5.02 Å². The minimum atomic E-state index is -0.882. The normalized spacial score (nSPS) is 21.4. The van der Waals surface area contributed by atoms with Crippen LogP contribution in [-0.4, -0.2) is 37.2 Å². The lowest BCUT2D eigenvalue weighted by Crippen LogP contribution is -2.52. The molecule has 0 saturated heterocycles. The molecular formula is C18H24ClN3O3. The number of aromatic nitrogens is 2. The number of imidazole rings is 1. The van der Waals surface area contributed by atoms with Crippen LogP contribution in [0.3, 0.4) is 0 Å². The van der Waals surface area contributed by atoms with E-state index in [4.69, 9.17) is 11.6 Å². The zero-order chi connectivity index (χ0) is 18.4. The van der Waals surface area contributed by atoms with Crippen molar-refractivity contribution < 1.29 is 9.90 Å². The number of nitrogens with zero attached hydrogens (tertiary/aromatic N) is 2. The quantitative estimate of drug-likeness (QED) is 0.835. The highest BCUT2D eigenvalue weighted by Gasteiger charge is 2.36. The van der Waals surface area contributed by atoms with Gasteiger partial charge in [0.25, 0.3) is 0 Å². The Bertz CT molecular complexity index is 841. The van der Waals surface area contributed by atoms with Gasteiger partial charge in [-0.1, -0.05) is 11.6 Å². The molecule has 25 heavy (non-hydrogen) atoms. The van der Waals surface area contributed by atoms with Crippen LogP contribution in [0.25, 0.3) is 11.0 Å². The number of carbonyl (C=O) groups is 1. The van der Waals surface area contributed by atoms with E-state index in [1.807, 2.05) is 26.8 Å². The summed E-state index contributed by atoms with van der Waals surface area (Å²) in [7, 11) is 0. The minimum absolute atomic E-state index is 0.0155. The Balaban J connectivity index is 1.84. The smallest absolute Gasteiger partial charge is 0.407 e. The van der Waals surface area contributed by atoms with Gasteiger partial charge < -0.3 is 15.0 Å². The molecule has 0 spiro atoms. The van der Waals surface area contributed by atoms with Crippen molar-refractivity contribution in [1.29, 1.82) is 0 Å². The van der Waals surface area contributed by atoms with Crippen LogP contribution in [0.2, 0.25) is 5.02 Å². The lowest BCUT2D eigenvalue weighted by molar-refractivity contribution is 0.0512. The fraction of sp³-hybridized carbons (Fsp3) is 0.556. The van der Waals surface area contributed by atoms with Gasteiger partial charge in [0.15, 0.2) is 0 Å². The second-order valence-electron chi connectivity index (χ2n) is 7.75. The van der Waals surface area contributed by atoms with Crippen LogP contribution in [0.1, 0.15) is 52.5 Å². The maximum atomic E-state index is 12.4. The molecule has 2 aromatic rings. The highest BCUT2D eigenvalue weighted by Crippen LogP contribution is 2.35. The average Bonchev–Trinajstić information content (AvgIpc) is 2.81. The Morgan fingerprint density at radius 1 is 1.28 bits per heavy atom. The zero-order valence-corrected chi connectivity index (χ0v) is 15.5. The van der Waals surface area contributed by atoms with Crippen molar-refractivity contribution in [2.75, 3.05) is 0 Å². The lowest BCUT2D eigenvalue weighted by Gasteiger charge is -2.42. The van der Waals surface area contributed by atoms with E-state index >= 15 is 0 Å². The van der Waals surface area contributed by atoms with Crippen molar-refractivity contribution in [3.05, 3.63) is 33.7 Å². The number of amides is 1. The highest BCUT2D eigenvalue weighted by atomic mass is 35.5. The predicted octanol–water partition coefficient (Wildman–Crippen LogP) is 4.25. The van der Waals surface area contributed by atoms with E-state index in [1.165, 1.54) is 0 Å². The van der Waals surface area contributed by atoms with E-state index in [0.717, 1.165) is 36.7 Å². The van der Waals surface area contributed by atoms with Crippen LogP contribution in [-0.2, 0) is 0 Å². The summed E-state index contributed by atoms with van der Waals surface area (Å²) in [6.07, 6.45) is 2.14. The molecule has 0 radical (unpaired) electrons. The van der Waals surface area contributed by atoms with Crippen molar-refractivity contribution in [2.45, 2.75) is 64.1 Å². The van der Waals surface area contributed by atoms with Crippen molar-refractivity contribution in [3.8, 4) is 0 Å². The number of carboxylic acid groups (broad SMARTS) is 1. The Morgan fingerprint density at radius 2 is 1.92 bits per heavy atom. The number of halogens is 1. The third-order valence-electron chi connectivity index (χ3n) is 5.01. The third kappa shape index (κ3) is 3.40. The van der Waals surface area contributed by atoms with Crippen LogP contribution in [0.5, 0.6) is 0 Å². The molecule has 1 aromatic carbocycles. The van der Waals surface area contributed by atoms with Gasteiger partial charge in [0.1, 0.15) is 0 Å². The largest absolute Gasteiger partial charge is 0.465 e. The molecule has 1 aliphatic rings. The lowest BCUT2D eigenvalue weighted by atomic mass is 9.88. The first-order valence-electron chi connectivity index (χ1n) is 8.60. The highest BCUT2D eigenvalue weighted by molar-refractivity contribution is 6.31. The summed E-state index contributed by atoms with van der Waals surface area (Å²) in [4.78, 5) is 28.5. The van der Waals surface area contributed by atoms with Gasteiger partial charge in [0.05, 0.1) is 11.0 Å². The predicted molar refractivity (Wildman–Crippen MR) is 98.5 cm³/mol. The van der Waals surface area contributed by atoms with Crippen molar-refractivity contribution >= 4 is 28.7 Å². The number of nitrogens with one attached hydrogen (secondary N) is 1. The molecule has 0 bridgehead atoms. The molecule has 1 aliphatic carbocycles. The maximum Gasteiger partial charge on any atom is 0.407 e. The summed E-state index contributed by atoms with van der Waals surface area (Å²) >= 11 is 6.09. The first-order chi connectivity index (χ1) is 11.7. The number of hydrogen-bond donors (Lipinski definition) is 2. The van der Waals surface area contributed by atoms with E-state index in [2.05, 4.69) is 4.98 Å². The first kappa shape index (κ1) is 17.9. The Kier molecular flexibility index (Phi) is 4.58. The second kappa shape index (κ2) is 6.41. The topological polar surface area (TPSA) is 78.3 Å². The first-order valence-corrected chi connectivity index (χ1v) is 8.98. The fourth-order valence-corrected chi connectivity index (χ4v) is 4.19. The van der Waals surface area contributed by atoms with Crippen LogP contribution in [0.4, 0.5) is 4.79 Å². The number of fused-ring (bicyclic) bond motifs is 1. The van der Waals surface area contributed by atoms with Crippen LogP contribution in [0, 0.1) is 0 Å². The van der Waals surface area contributed by atoms with E-state index in [-0.39, 0.29) is 17.8 Å². The number of benzene rings is 1. The van der Waals surface area contributed by atoms with E-state index in [9.17, 15) is 14.7 Å². The monoisotopic (exact) mass is 365 g/mol. The fourth-order valence-electron chi connectivity index (χ4n) is 4.02. The van der Waals surface area contributed by atoms with E-state index in [1.54, 1.807) is 21.6 Å². The molecular weight excluding hydrogens is 342 g/mol. The van der Waals surface area contributed by atoms with Gasteiger partial charge in [-0.3, -0.25) is 4.57 Å². The summed E-state index contributed by atoms with van der Waals surface area (Å²) in [5.41, 5.74) is 1.02. The van der Waals surface area contributed by atoms with Gasteiger partial charge >= 0.3 is 11.8 Å². The molecule has 1 aromatic heterocycles. The maximum absolute atomic E-state index is 12.4. The van der Waals surface area contributed by atoms with Crippen LogP contribution < -0.4 is 5.69 Å². The molecule has 0 aliphatic heterocycles. The van der Waals surface area contributed by atoms with E-state index < -0.39 is 11.6 Å². The van der Waals surface area contributed by atoms with Gasteiger partial charge in [0, 0.05) is 22.6 Å². The van der Waals surface area contributed by atoms with Crippen molar-refractivity contribution in [2.24, 2.45) is 0 Å². The SMILES string of the molecule is CC(C)(C)N(C(=O)O)[C@H]1CC[C@H](n2c(=O)[nH]c3ccc(Cl)cc32)CC1. The molecule has 3 rings (SSSR count). The summed E-state index contributed by atoms with van der Waals surface area (Å²) in [5, 5.41) is 10.2. The third-order valence-corrected chi connectivity index (χ3v) is 5.24. The molecule has 1 saturated carbocycles. The minimum Gasteiger partial charge on any atom is -0.465 e. The Morgan fingerprint density at radius 3 is 2.48 bits per heavy atom. The summed E-state index contributed by atoms with van der Waals surface area (Å²) < 4.78 is 1.78. The van der Waals surface area contributed by atoms with Gasteiger partial charge in [-0.05, 0) is 64.7 Å². The standard InChI is InChI=1S/C18H24ClN3O3/c1-18(2,3)22(17(24)25)13-7-5-12(6-8-13)21-15-10-11(19)4-9-14(15)20-16(21)23/h4,9-10,12-13H,5-8H2,1-3H3,(H,20,23)(H,24,25)/t12-,13-. The Hall–Kier alpha value is -1.95. The van der Waals surface area contributed by atoms with Gasteiger partial charge in [-0.25, -0.2) is 9.59 Å². The number of aromatic amines is 1. The molecule has 0 unspecified atom stereocenters. The number of rotatable bonds is 2. The van der Waals surface area contributed by atoms with Crippen LogP contribution >= 0.6 is 11.6 Å². The summed E-state index contributed by atoms with van der Waals surface area (Å²) in [6, 6.07) is 5.42. The second-order valence-corrected chi connectivity index (χ2v) is 8.18. The molecule has 2 N–H and O–H groups in total. The molecule has 1 amide bonds. The van der Waals surface area contributed by atoms with Crippen molar-refractivity contribution in [3.63, 3.8) is 0 Å². The molecule has 7 heteroatoms. The Labute approximate surface area is 151 Å². The zero-order valence-electron chi connectivity index (χ0n) is 14.8. The summed E-state index contributed by atoms with van der Waals surface area (Å²) in [6.45, 7) is 5.75. The van der Waals surface area contributed by atoms with Crippen molar-refractivity contribution in [1.82, 2.24) is 14.5 Å². The van der Waals surface area contributed by atoms with Gasteiger partial charge in [0.2, 0.25) is 0 Å². The van der Waals surface area contributed by atoms with Gasteiger partial charge in [-0.2, -0.15) is 0 Å². The summed E-state index contributed by atoms with van der Waals surface area (Å²) in [5.74, 6) is 0. The average molecular weight is 366 g/mol. The van der Waals surface area contributed by atoms with Gasteiger partial charge in [-0.15, -0.1) is 0 Å². The number of hydrogen-bond acceptors (Lipinski definition) is 2.